The molecule has 9 rings (SSSR count). The number of nitrogens with zero attached hydrogens (tertiary/aromatic N) is 6. The molecule has 2 aromatic carbocycles. The van der Waals surface area contributed by atoms with Crippen molar-refractivity contribution in [3.8, 4) is 5.75 Å². The largest absolute Gasteiger partial charge is 0.505 e. The van der Waals surface area contributed by atoms with E-state index >= 15 is 0 Å². The Bertz CT molecular complexity index is 3750. The maximum atomic E-state index is 14.8. The summed E-state index contributed by atoms with van der Waals surface area (Å²) in [6.45, 7) is 11.0. The summed E-state index contributed by atoms with van der Waals surface area (Å²) in [4.78, 5) is 177. The van der Waals surface area contributed by atoms with Crippen molar-refractivity contribution in [3.63, 3.8) is 0 Å². The minimum atomic E-state index is -1.68. The number of benzene rings is 2. The van der Waals surface area contributed by atoms with E-state index in [1.54, 1.807) is 98.8 Å². The molecule has 98 heavy (non-hydrogen) atoms. The molecule has 1 unspecified atom stereocenters. The predicted octanol–water partition coefficient (Wildman–Crippen LogP) is 3.86. The van der Waals surface area contributed by atoms with Crippen molar-refractivity contribution in [3.05, 3.63) is 161 Å². The van der Waals surface area contributed by atoms with Gasteiger partial charge in [-0.3, -0.25) is 47.9 Å². The molecule has 520 valence electrons. The standard InChI is InChI=1S/C43H49N7O10.C28H35N3O7/c1-4-29-40(56)49-21-12-17-30(49)41(57)48(3)32(23-26-13-7-5-8-14-26)42(58)50-22-19-28(51)24-31(50)37(53)47-35(27-15-9-6-10-16-27)43(59)60-25(2)34(38(54)45-29)46-39(55)36-33(52)18-11-20-44-36;1-17(2)26-19(4)9-10-24(34)29-11-5-7-18(3)13-20(32)14-21(33)15-25-30-22(16-37-25)27(35)31-12-6-8-23(31)28(36)38-26/h5-11,13-16,18,20,25,29-32,34-35,52H,4,12,17,19,21-24H2,1-3H3,(H,45,54)(H,46,55)(H,47,53);5,7-10,13,16-17,19-20,26,32H,6,11-12,14-15H2,1-4H3,(H,29,34)/b;7-5+,10-9+,18-13-/t25-,29-,30-,31?,32-,34+,35-;19-,20+,26-/m11/s1. The molecule has 2 aromatic heterocycles. The van der Waals surface area contributed by atoms with Crippen LogP contribution in [0.5, 0.6) is 5.75 Å². The number of allylic oxidation sites excluding steroid dienone is 2. The summed E-state index contributed by atoms with van der Waals surface area (Å²) >= 11 is 0. The molecule has 0 spiro atoms. The second kappa shape index (κ2) is 34.0. The molecule has 3 saturated heterocycles. The van der Waals surface area contributed by atoms with Crippen LogP contribution < -0.4 is 21.3 Å². The average Bonchev–Trinajstić information content (AvgIpc) is 1.08. The number of rotatable bonds is 7. The van der Waals surface area contributed by atoms with E-state index in [0.29, 0.717) is 12.8 Å². The Hall–Kier alpha value is -10.4. The summed E-state index contributed by atoms with van der Waals surface area (Å²) in [7, 11) is 1.47. The van der Waals surface area contributed by atoms with E-state index in [1.165, 1.54) is 58.0 Å². The number of ketones is 2. The van der Waals surface area contributed by atoms with Gasteiger partial charge in [0.25, 0.3) is 11.8 Å². The second-order valence-corrected chi connectivity index (χ2v) is 25.0. The summed E-state index contributed by atoms with van der Waals surface area (Å²) in [5.41, 5.74) is 1.37. The fourth-order valence-corrected chi connectivity index (χ4v) is 12.2. The monoisotopic (exact) mass is 1350 g/mol. The molecule has 3 fully saturated rings. The van der Waals surface area contributed by atoms with Crippen molar-refractivity contribution in [2.75, 3.05) is 33.2 Å². The van der Waals surface area contributed by atoms with Crippen LogP contribution in [0.15, 0.2) is 137 Å². The van der Waals surface area contributed by atoms with E-state index in [4.69, 9.17) is 13.9 Å². The fourth-order valence-electron chi connectivity index (χ4n) is 12.2. The summed E-state index contributed by atoms with van der Waals surface area (Å²) in [5.74, 6) is -8.36. The number of hydrogen-bond acceptors (Lipinski definition) is 19. The molecule has 2 bridgehead atoms. The van der Waals surface area contributed by atoms with Gasteiger partial charge in [0.2, 0.25) is 41.3 Å². The number of aliphatic hydroxyl groups excluding tert-OH is 1. The van der Waals surface area contributed by atoms with E-state index in [1.807, 2.05) is 26.8 Å². The lowest BCUT2D eigenvalue weighted by molar-refractivity contribution is -0.157. The van der Waals surface area contributed by atoms with Crippen molar-refractivity contribution in [2.24, 2.45) is 11.8 Å². The Kier molecular flexibility index (Phi) is 25.4. The average molecular weight is 1350 g/mol. The highest BCUT2D eigenvalue weighted by molar-refractivity contribution is 6.02. The Morgan fingerprint density at radius 3 is 2.22 bits per heavy atom. The number of oxazole rings is 1. The molecular weight excluding hydrogens is 1260 g/mol. The minimum absolute atomic E-state index is 0.0315. The van der Waals surface area contributed by atoms with Gasteiger partial charge < -0.3 is 65.0 Å². The number of ether oxygens (including phenoxy) is 2. The number of fused-ring (bicyclic) bond motifs is 5. The van der Waals surface area contributed by atoms with Gasteiger partial charge in [-0.2, -0.15) is 0 Å². The molecule has 10 atom stereocenters. The number of cyclic esters (lactones) is 2. The molecule has 0 saturated carbocycles. The zero-order valence-corrected chi connectivity index (χ0v) is 55.8. The predicted molar refractivity (Wildman–Crippen MR) is 352 cm³/mol. The first-order chi connectivity index (χ1) is 46.8. The summed E-state index contributed by atoms with van der Waals surface area (Å²) in [6, 6.07) is 11.7. The Morgan fingerprint density at radius 1 is 0.806 bits per heavy atom. The zero-order chi connectivity index (χ0) is 70.9. The molecule has 8 amide bonds. The number of piperidine rings is 1. The smallest absolute Gasteiger partial charge is 0.355 e. The minimum Gasteiger partial charge on any atom is -0.505 e. The molecule has 6 N–H and O–H groups in total. The van der Waals surface area contributed by atoms with Crippen LogP contribution in [0.4, 0.5) is 0 Å². The Morgan fingerprint density at radius 2 is 1.52 bits per heavy atom. The van der Waals surface area contributed by atoms with Gasteiger partial charge >= 0.3 is 11.9 Å². The van der Waals surface area contributed by atoms with Crippen molar-refractivity contribution >= 4 is 70.8 Å². The van der Waals surface area contributed by atoms with Gasteiger partial charge in [0.05, 0.1) is 12.5 Å². The first-order valence-corrected chi connectivity index (χ1v) is 32.8. The molecule has 4 aromatic rings. The highest BCUT2D eigenvalue weighted by atomic mass is 16.6. The van der Waals surface area contributed by atoms with Gasteiger partial charge in [0, 0.05) is 71.0 Å². The van der Waals surface area contributed by atoms with Crippen molar-refractivity contribution in [2.45, 2.75) is 154 Å². The van der Waals surface area contributed by atoms with Crippen LogP contribution >= 0.6 is 0 Å². The maximum absolute atomic E-state index is 14.8. The van der Waals surface area contributed by atoms with Crippen molar-refractivity contribution < 1.29 is 81.6 Å². The number of nitrogens with one attached hydrogen (secondary N) is 4. The molecule has 0 aliphatic carbocycles. The molecule has 7 heterocycles. The third-order valence-electron chi connectivity index (χ3n) is 17.4. The van der Waals surface area contributed by atoms with Gasteiger partial charge in [-0.25, -0.2) is 19.6 Å². The van der Waals surface area contributed by atoms with Crippen LogP contribution in [-0.2, 0) is 70.3 Å². The van der Waals surface area contributed by atoms with Crippen molar-refractivity contribution in [1.82, 2.24) is 50.8 Å². The number of aliphatic hydroxyl groups is 1. The number of aromatic hydroxyl groups is 1. The van der Waals surface area contributed by atoms with E-state index in [2.05, 4.69) is 31.2 Å². The quantitative estimate of drug-likeness (QED) is 0.143. The van der Waals surface area contributed by atoms with Gasteiger partial charge in [-0.1, -0.05) is 124 Å². The number of esters is 2. The number of carbonyl (C=O) groups is 12. The number of carbonyl (C=O) groups excluding carboxylic acids is 12. The van der Waals surface area contributed by atoms with Gasteiger partial charge in [0.15, 0.2) is 17.4 Å². The van der Waals surface area contributed by atoms with Crippen LogP contribution in [0.1, 0.15) is 131 Å². The second-order valence-electron chi connectivity index (χ2n) is 25.0. The first kappa shape index (κ1) is 73.4. The Labute approximate surface area is 567 Å². The molecule has 27 heteroatoms. The zero-order valence-electron chi connectivity index (χ0n) is 55.8. The SMILES string of the molecule is CC1=C/[C@H](O)CC(=O)Cc2nc(co2)C(=O)N2CCC=C2C(=O)O[C@H](C(C)C)[C@H](C)/C=C/C(=O)NC\C=C\1.CC[C@H]1NC(=O)[C@@H](NC(=O)c2ncccc2O)[C@@H](C)OC(=O)[C@@H](c2ccccc2)NC(=O)C2CC(=O)CCN2C(=O)[C@@H](Cc2ccccc2)N(C)C(=O)[C@H]2CCCN2C1=O. The fraction of sp³-hybridized carbons (Fsp3) is 0.437. The van der Waals surface area contributed by atoms with Gasteiger partial charge in [0.1, 0.15) is 71.7 Å². The highest BCUT2D eigenvalue weighted by Crippen LogP contribution is 2.29. The molecule has 5 aliphatic rings. The summed E-state index contributed by atoms with van der Waals surface area (Å²) in [6.07, 6.45) is 9.72. The summed E-state index contributed by atoms with van der Waals surface area (Å²) in [5, 5.41) is 31.2. The molecular formula is C71H84N10O17. The molecule has 0 radical (unpaired) electrons. The normalized spacial score (nSPS) is 26.7. The van der Waals surface area contributed by atoms with E-state index in [-0.39, 0.29) is 123 Å². The topological polar surface area (TPSA) is 364 Å². The van der Waals surface area contributed by atoms with E-state index in [9.17, 15) is 67.7 Å². The lowest BCUT2D eigenvalue weighted by atomic mass is 9.94. The van der Waals surface area contributed by atoms with Gasteiger partial charge in [-0.15, -0.1) is 0 Å². The third kappa shape index (κ3) is 18.8. The number of hydrogen-bond donors (Lipinski definition) is 6. The number of amides is 8. The Balaban J connectivity index is 0.000000277. The maximum Gasteiger partial charge on any atom is 0.355 e. The van der Waals surface area contributed by atoms with E-state index in [0.717, 1.165) is 17.4 Å². The molecule has 5 aliphatic heterocycles. The van der Waals surface area contributed by atoms with Gasteiger partial charge in [-0.05, 0) is 74.8 Å². The van der Waals surface area contributed by atoms with Crippen LogP contribution in [0, 0.1) is 11.8 Å². The van der Waals surface area contributed by atoms with E-state index < -0.39 is 119 Å². The van der Waals surface area contributed by atoms with Crippen molar-refractivity contribution in [1.29, 1.82) is 0 Å². The molecule has 27 nitrogen and oxygen atoms in total. The lowest BCUT2D eigenvalue weighted by Crippen LogP contribution is -2.61. The number of aromatic nitrogens is 2. The third-order valence-corrected chi connectivity index (χ3v) is 17.4. The lowest BCUT2D eigenvalue weighted by Gasteiger charge is -2.40. The van der Waals surface area contributed by atoms with Crippen LogP contribution in [0.3, 0.4) is 0 Å². The van der Waals surface area contributed by atoms with Crippen LogP contribution in [-0.4, -0.2) is 192 Å². The number of likely N-dealkylation sites (N-methyl/N-ethyl adjacent to an activating group) is 1. The van der Waals surface area contributed by atoms with Crippen LogP contribution in [0.2, 0.25) is 0 Å². The number of Topliss-reactive ketones (excluding diaryl/α,β-unsaturated/α-hetero) is 2. The summed E-state index contributed by atoms with van der Waals surface area (Å²) < 4.78 is 17.0. The number of pyridine rings is 1. The highest BCUT2D eigenvalue weighted by Gasteiger charge is 2.46. The van der Waals surface area contributed by atoms with Crippen LogP contribution in [0.25, 0.3) is 0 Å². The first-order valence-electron chi connectivity index (χ1n) is 32.8.